The van der Waals surface area contributed by atoms with Gasteiger partial charge in [0.25, 0.3) is 0 Å². The van der Waals surface area contributed by atoms with Crippen molar-refractivity contribution < 1.29 is 0 Å². The van der Waals surface area contributed by atoms with Gasteiger partial charge in [0, 0.05) is 19.1 Å². The van der Waals surface area contributed by atoms with Crippen LogP contribution in [0.4, 0.5) is 0 Å². The lowest BCUT2D eigenvalue weighted by molar-refractivity contribution is 0.288. The third kappa shape index (κ3) is 4.09. The first-order valence-electron chi connectivity index (χ1n) is 6.47. The molecule has 0 amide bonds. The predicted molar refractivity (Wildman–Crippen MR) is 66.0 cm³/mol. The normalized spacial score (nSPS) is 26.4. The van der Waals surface area contributed by atoms with Crippen LogP contribution in [0.2, 0.25) is 0 Å². The zero-order chi connectivity index (χ0) is 11.1. The molecule has 1 fully saturated rings. The van der Waals surface area contributed by atoms with E-state index < -0.39 is 0 Å². The Morgan fingerprint density at radius 3 is 2.60 bits per heavy atom. The average Bonchev–Trinajstić information content (AvgIpc) is 2.72. The molecule has 3 nitrogen and oxygen atoms in total. The first kappa shape index (κ1) is 12.9. The minimum absolute atomic E-state index is 0.686. The number of rotatable bonds is 7. The van der Waals surface area contributed by atoms with E-state index in [0.29, 0.717) is 6.04 Å². The standard InChI is InChI=1S/C12H27N3/c1-3-15(4-2)9-8-14-12-7-5-6-11(12)10-13/h11-12,14H,3-10,13H2,1-2H3. The lowest BCUT2D eigenvalue weighted by Crippen LogP contribution is -2.40. The fraction of sp³-hybridized carbons (Fsp3) is 1.00. The third-order valence-corrected chi connectivity index (χ3v) is 3.69. The molecular weight excluding hydrogens is 186 g/mol. The van der Waals surface area contributed by atoms with Gasteiger partial charge in [0.05, 0.1) is 0 Å². The van der Waals surface area contributed by atoms with Crippen molar-refractivity contribution in [1.29, 1.82) is 0 Å². The summed E-state index contributed by atoms with van der Waals surface area (Å²) in [6.07, 6.45) is 3.99. The fourth-order valence-corrected chi connectivity index (χ4v) is 2.54. The molecule has 0 aliphatic heterocycles. The molecule has 2 atom stereocenters. The molecule has 0 bridgehead atoms. The van der Waals surface area contributed by atoms with Crippen molar-refractivity contribution in [2.75, 3.05) is 32.7 Å². The zero-order valence-corrected chi connectivity index (χ0v) is 10.3. The molecular formula is C12H27N3. The Morgan fingerprint density at radius 1 is 1.27 bits per heavy atom. The molecule has 0 aromatic rings. The Labute approximate surface area is 94.4 Å². The van der Waals surface area contributed by atoms with Crippen LogP contribution in [0.5, 0.6) is 0 Å². The van der Waals surface area contributed by atoms with Crippen molar-refractivity contribution in [3.63, 3.8) is 0 Å². The minimum atomic E-state index is 0.686. The molecule has 1 aliphatic carbocycles. The molecule has 0 aromatic heterocycles. The first-order valence-corrected chi connectivity index (χ1v) is 6.47. The van der Waals surface area contributed by atoms with E-state index in [9.17, 15) is 0 Å². The van der Waals surface area contributed by atoms with Crippen LogP contribution < -0.4 is 11.1 Å². The summed E-state index contributed by atoms with van der Waals surface area (Å²) in [6, 6.07) is 0.686. The lowest BCUT2D eigenvalue weighted by atomic mass is 10.0. The van der Waals surface area contributed by atoms with E-state index in [2.05, 4.69) is 24.1 Å². The Balaban J connectivity index is 2.13. The maximum Gasteiger partial charge on any atom is 0.0108 e. The van der Waals surface area contributed by atoms with Crippen molar-refractivity contribution in [2.45, 2.75) is 39.2 Å². The van der Waals surface area contributed by atoms with Gasteiger partial charge in [-0.1, -0.05) is 20.3 Å². The quantitative estimate of drug-likeness (QED) is 0.664. The first-order chi connectivity index (χ1) is 7.31. The molecule has 0 spiro atoms. The molecule has 15 heavy (non-hydrogen) atoms. The van der Waals surface area contributed by atoms with Gasteiger partial charge in [-0.25, -0.2) is 0 Å². The Hall–Kier alpha value is -0.120. The van der Waals surface area contributed by atoms with Gasteiger partial charge < -0.3 is 16.0 Å². The Kier molecular flexibility index (Phi) is 6.22. The second-order valence-corrected chi connectivity index (χ2v) is 4.51. The van der Waals surface area contributed by atoms with Gasteiger partial charge in [-0.2, -0.15) is 0 Å². The lowest BCUT2D eigenvalue weighted by Gasteiger charge is -2.23. The smallest absolute Gasteiger partial charge is 0.0108 e. The monoisotopic (exact) mass is 213 g/mol. The highest BCUT2D eigenvalue weighted by Crippen LogP contribution is 2.24. The minimum Gasteiger partial charge on any atom is -0.330 e. The summed E-state index contributed by atoms with van der Waals surface area (Å²) in [6.45, 7) is 9.89. The van der Waals surface area contributed by atoms with Gasteiger partial charge in [0.15, 0.2) is 0 Å². The summed E-state index contributed by atoms with van der Waals surface area (Å²) in [7, 11) is 0. The summed E-state index contributed by atoms with van der Waals surface area (Å²) >= 11 is 0. The van der Waals surface area contributed by atoms with Gasteiger partial charge in [-0.05, 0) is 38.4 Å². The highest BCUT2D eigenvalue weighted by Gasteiger charge is 2.25. The fourth-order valence-electron chi connectivity index (χ4n) is 2.54. The topological polar surface area (TPSA) is 41.3 Å². The molecule has 0 radical (unpaired) electrons. The van der Waals surface area contributed by atoms with Crippen LogP contribution in [0.15, 0.2) is 0 Å². The molecule has 1 aliphatic rings. The molecule has 90 valence electrons. The van der Waals surface area contributed by atoms with Crippen LogP contribution in [0.1, 0.15) is 33.1 Å². The van der Waals surface area contributed by atoms with E-state index in [1.54, 1.807) is 0 Å². The molecule has 0 aromatic carbocycles. The van der Waals surface area contributed by atoms with Crippen molar-refractivity contribution >= 4 is 0 Å². The highest BCUT2D eigenvalue weighted by molar-refractivity contribution is 4.83. The van der Waals surface area contributed by atoms with E-state index in [-0.39, 0.29) is 0 Å². The number of nitrogens with two attached hydrogens (primary N) is 1. The molecule has 0 heterocycles. The molecule has 3 N–H and O–H groups in total. The Morgan fingerprint density at radius 2 is 2.00 bits per heavy atom. The largest absolute Gasteiger partial charge is 0.330 e. The zero-order valence-electron chi connectivity index (χ0n) is 10.3. The van der Waals surface area contributed by atoms with E-state index in [1.165, 1.54) is 25.8 Å². The van der Waals surface area contributed by atoms with Crippen LogP contribution in [0.3, 0.4) is 0 Å². The van der Waals surface area contributed by atoms with E-state index >= 15 is 0 Å². The van der Waals surface area contributed by atoms with Crippen molar-refractivity contribution in [2.24, 2.45) is 11.7 Å². The van der Waals surface area contributed by atoms with E-state index in [4.69, 9.17) is 5.73 Å². The highest BCUT2D eigenvalue weighted by atomic mass is 15.1. The second kappa shape index (κ2) is 7.20. The average molecular weight is 213 g/mol. The summed E-state index contributed by atoms with van der Waals surface area (Å²) in [5, 5.41) is 3.66. The number of nitrogens with one attached hydrogen (secondary N) is 1. The van der Waals surface area contributed by atoms with Gasteiger partial charge in [-0.3, -0.25) is 0 Å². The molecule has 1 rings (SSSR count). The van der Waals surface area contributed by atoms with Crippen molar-refractivity contribution in [3.8, 4) is 0 Å². The van der Waals surface area contributed by atoms with Crippen molar-refractivity contribution in [3.05, 3.63) is 0 Å². The molecule has 2 unspecified atom stereocenters. The third-order valence-electron chi connectivity index (χ3n) is 3.69. The van der Waals surface area contributed by atoms with Gasteiger partial charge in [0.1, 0.15) is 0 Å². The Bertz CT molecular complexity index is 157. The second-order valence-electron chi connectivity index (χ2n) is 4.51. The van der Waals surface area contributed by atoms with Crippen LogP contribution in [-0.2, 0) is 0 Å². The van der Waals surface area contributed by atoms with Crippen LogP contribution in [0, 0.1) is 5.92 Å². The molecule has 3 heteroatoms. The number of hydrogen-bond acceptors (Lipinski definition) is 3. The van der Waals surface area contributed by atoms with E-state index in [1.807, 2.05) is 0 Å². The number of hydrogen-bond donors (Lipinski definition) is 2. The van der Waals surface area contributed by atoms with Gasteiger partial charge in [-0.15, -0.1) is 0 Å². The maximum absolute atomic E-state index is 5.76. The predicted octanol–water partition coefficient (Wildman–Crippen LogP) is 1.05. The summed E-state index contributed by atoms with van der Waals surface area (Å²) in [5.74, 6) is 0.724. The van der Waals surface area contributed by atoms with Gasteiger partial charge in [0.2, 0.25) is 0 Å². The van der Waals surface area contributed by atoms with E-state index in [0.717, 1.165) is 32.1 Å². The summed E-state index contributed by atoms with van der Waals surface area (Å²) in [4.78, 5) is 2.46. The van der Waals surface area contributed by atoms with Gasteiger partial charge >= 0.3 is 0 Å². The summed E-state index contributed by atoms with van der Waals surface area (Å²) < 4.78 is 0. The maximum atomic E-state index is 5.76. The van der Waals surface area contributed by atoms with Crippen LogP contribution in [0.25, 0.3) is 0 Å². The number of nitrogens with zero attached hydrogens (tertiary/aromatic N) is 1. The van der Waals surface area contributed by atoms with Crippen LogP contribution >= 0.6 is 0 Å². The van der Waals surface area contributed by atoms with Crippen LogP contribution in [-0.4, -0.2) is 43.7 Å². The molecule has 1 saturated carbocycles. The molecule has 0 saturated heterocycles. The SMILES string of the molecule is CCN(CC)CCNC1CCCC1CN. The summed E-state index contributed by atoms with van der Waals surface area (Å²) in [5.41, 5.74) is 5.76. The number of likely N-dealkylation sites (N-methyl/N-ethyl adjacent to an activating group) is 1. The van der Waals surface area contributed by atoms with Crippen molar-refractivity contribution in [1.82, 2.24) is 10.2 Å².